The Labute approximate surface area is 151 Å². The lowest BCUT2D eigenvalue weighted by Gasteiger charge is -2.16. The zero-order valence-corrected chi connectivity index (χ0v) is 14.4. The van der Waals surface area contributed by atoms with Crippen LogP contribution in [0, 0.1) is 0 Å². The van der Waals surface area contributed by atoms with Crippen LogP contribution >= 0.6 is 11.6 Å². The third-order valence-electron chi connectivity index (χ3n) is 3.58. The molecule has 5 nitrogen and oxygen atoms in total. The molecule has 3 aromatic rings. The van der Waals surface area contributed by atoms with E-state index in [0.717, 1.165) is 11.3 Å². The standard InChI is InChI=1S/C19H17ClN4O/c1-24(13-14-6-3-2-4-7-14)19(25)17-11-22-18(12-21-17)23-16-9-5-8-15(20)10-16/h2-12H,13H2,1H3,(H,22,23). The van der Waals surface area contributed by atoms with Gasteiger partial charge in [-0.05, 0) is 23.8 Å². The lowest BCUT2D eigenvalue weighted by molar-refractivity contribution is 0.0779. The molecule has 126 valence electrons. The summed E-state index contributed by atoms with van der Waals surface area (Å²) in [7, 11) is 1.75. The Bertz CT molecular complexity index is 853. The number of carbonyl (C=O) groups is 1. The lowest BCUT2D eigenvalue weighted by Crippen LogP contribution is -2.27. The highest BCUT2D eigenvalue weighted by Gasteiger charge is 2.14. The van der Waals surface area contributed by atoms with Gasteiger partial charge in [0.25, 0.3) is 5.91 Å². The number of nitrogens with one attached hydrogen (secondary N) is 1. The highest BCUT2D eigenvalue weighted by molar-refractivity contribution is 6.30. The minimum Gasteiger partial charge on any atom is -0.339 e. The first kappa shape index (κ1) is 16.9. The van der Waals surface area contributed by atoms with Crippen molar-refractivity contribution in [3.8, 4) is 0 Å². The van der Waals surface area contributed by atoms with Gasteiger partial charge in [-0.15, -0.1) is 0 Å². The molecule has 6 heteroatoms. The van der Waals surface area contributed by atoms with Crippen LogP contribution in [0.15, 0.2) is 67.0 Å². The number of halogens is 1. The molecule has 3 rings (SSSR count). The van der Waals surface area contributed by atoms with Gasteiger partial charge in [0.2, 0.25) is 0 Å². The highest BCUT2D eigenvalue weighted by Crippen LogP contribution is 2.18. The molecule has 0 spiro atoms. The summed E-state index contributed by atoms with van der Waals surface area (Å²) in [6.07, 6.45) is 3.00. The Morgan fingerprint density at radius 1 is 1.08 bits per heavy atom. The maximum Gasteiger partial charge on any atom is 0.274 e. The zero-order valence-electron chi connectivity index (χ0n) is 13.7. The number of benzene rings is 2. The molecule has 0 saturated heterocycles. The van der Waals surface area contributed by atoms with E-state index < -0.39 is 0 Å². The molecule has 0 unspecified atom stereocenters. The molecule has 1 heterocycles. The third-order valence-corrected chi connectivity index (χ3v) is 3.81. The van der Waals surface area contributed by atoms with E-state index in [1.54, 1.807) is 24.1 Å². The maximum absolute atomic E-state index is 12.4. The number of carbonyl (C=O) groups excluding carboxylic acids is 1. The summed E-state index contributed by atoms with van der Waals surface area (Å²) >= 11 is 5.95. The van der Waals surface area contributed by atoms with Gasteiger partial charge in [0.15, 0.2) is 0 Å². The van der Waals surface area contributed by atoms with Crippen LogP contribution in [-0.2, 0) is 6.54 Å². The van der Waals surface area contributed by atoms with Crippen LogP contribution in [0.2, 0.25) is 5.02 Å². The normalized spacial score (nSPS) is 10.3. The van der Waals surface area contributed by atoms with Gasteiger partial charge in [0.1, 0.15) is 11.5 Å². The second-order valence-electron chi connectivity index (χ2n) is 5.57. The molecular formula is C19H17ClN4O. The van der Waals surface area contributed by atoms with E-state index in [1.165, 1.54) is 12.4 Å². The fraction of sp³-hybridized carbons (Fsp3) is 0.105. The first-order valence-electron chi connectivity index (χ1n) is 7.76. The smallest absolute Gasteiger partial charge is 0.274 e. The summed E-state index contributed by atoms with van der Waals surface area (Å²) in [6.45, 7) is 0.518. The Hall–Kier alpha value is -2.92. The quantitative estimate of drug-likeness (QED) is 0.749. The van der Waals surface area contributed by atoms with Crippen LogP contribution < -0.4 is 5.32 Å². The van der Waals surface area contributed by atoms with Gasteiger partial charge in [-0.1, -0.05) is 48.0 Å². The lowest BCUT2D eigenvalue weighted by atomic mass is 10.2. The van der Waals surface area contributed by atoms with E-state index in [9.17, 15) is 4.79 Å². The number of anilines is 2. The van der Waals surface area contributed by atoms with Crippen molar-refractivity contribution in [2.75, 3.05) is 12.4 Å². The molecule has 25 heavy (non-hydrogen) atoms. The highest BCUT2D eigenvalue weighted by atomic mass is 35.5. The van der Waals surface area contributed by atoms with Gasteiger partial charge >= 0.3 is 0 Å². The van der Waals surface area contributed by atoms with E-state index in [2.05, 4.69) is 15.3 Å². The average molecular weight is 353 g/mol. The van der Waals surface area contributed by atoms with Crippen LogP contribution in [0.5, 0.6) is 0 Å². The number of hydrogen-bond donors (Lipinski definition) is 1. The molecule has 0 aliphatic heterocycles. The van der Waals surface area contributed by atoms with E-state index in [0.29, 0.717) is 23.1 Å². The summed E-state index contributed by atoms with van der Waals surface area (Å²) in [6, 6.07) is 17.1. The van der Waals surface area contributed by atoms with Gasteiger partial charge in [0.05, 0.1) is 12.4 Å². The molecule has 0 bridgehead atoms. The molecular weight excluding hydrogens is 336 g/mol. The predicted octanol–water partition coefficient (Wildman–Crippen LogP) is 4.15. The first-order chi connectivity index (χ1) is 12.1. The molecule has 1 N–H and O–H groups in total. The Balaban J connectivity index is 1.66. The van der Waals surface area contributed by atoms with Crippen molar-refractivity contribution in [3.05, 3.63) is 83.3 Å². The Kier molecular flexibility index (Phi) is 5.26. The topological polar surface area (TPSA) is 58.1 Å². The number of rotatable bonds is 5. The third kappa shape index (κ3) is 4.55. The fourth-order valence-corrected chi connectivity index (χ4v) is 2.53. The van der Waals surface area contributed by atoms with Gasteiger partial charge in [0, 0.05) is 24.3 Å². The SMILES string of the molecule is CN(Cc1ccccc1)C(=O)c1cnc(Nc2cccc(Cl)c2)cn1. The second-order valence-corrected chi connectivity index (χ2v) is 6.01. The average Bonchev–Trinajstić information content (AvgIpc) is 2.62. The Morgan fingerprint density at radius 2 is 1.88 bits per heavy atom. The number of nitrogens with zero attached hydrogens (tertiary/aromatic N) is 3. The molecule has 1 aromatic heterocycles. The van der Waals surface area contributed by atoms with E-state index in [1.807, 2.05) is 42.5 Å². The molecule has 1 amide bonds. The molecule has 0 radical (unpaired) electrons. The number of hydrogen-bond acceptors (Lipinski definition) is 4. The zero-order chi connectivity index (χ0) is 17.6. The molecule has 0 aliphatic carbocycles. The monoisotopic (exact) mass is 352 g/mol. The first-order valence-corrected chi connectivity index (χ1v) is 8.13. The summed E-state index contributed by atoms with van der Waals surface area (Å²) in [5.74, 6) is 0.371. The minimum absolute atomic E-state index is 0.175. The molecule has 2 aromatic carbocycles. The van der Waals surface area contributed by atoms with Crippen LogP contribution in [0.25, 0.3) is 0 Å². The number of aromatic nitrogens is 2. The van der Waals surface area contributed by atoms with Crippen LogP contribution in [0.1, 0.15) is 16.1 Å². The summed E-state index contributed by atoms with van der Waals surface area (Å²) in [5.41, 5.74) is 2.17. The van der Waals surface area contributed by atoms with Crippen LogP contribution in [-0.4, -0.2) is 27.8 Å². The molecule has 0 atom stereocenters. The minimum atomic E-state index is -0.175. The van der Waals surface area contributed by atoms with Crippen LogP contribution in [0.4, 0.5) is 11.5 Å². The van der Waals surface area contributed by atoms with E-state index >= 15 is 0 Å². The predicted molar refractivity (Wildman–Crippen MR) is 99.0 cm³/mol. The van der Waals surface area contributed by atoms with E-state index in [-0.39, 0.29) is 5.91 Å². The van der Waals surface area contributed by atoms with Crippen molar-refractivity contribution < 1.29 is 4.79 Å². The van der Waals surface area contributed by atoms with Gasteiger partial charge in [-0.2, -0.15) is 0 Å². The van der Waals surface area contributed by atoms with Crippen molar-refractivity contribution in [2.24, 2.45) is 0 Å². The van der Waals surface area contributed by atoms with Gasteiger partial charge < -0.3 is 10.2 Å². The van der Waals surface area contributed by atoms with Crippen molar-refractivity contribution in [2.45, 2.75) is 6.54 Å². The summed E-state index contributed by atoms with van der Waals surface area (Å²) in [4.78, 5) is 22.5. The number of amides is 1. The van der Waals surface area contributed by atoms with Crippen LogP contribution in [0.3, 0.4) is 0 Å². The summed E-state index contributed by atoms with van der Waals surface area (Å²) in [5, 5.41) is 3.73. The maximum atomic E-state index is 12.4. The fourth-order valence-electron chi connectivity index (χ4n) is 2.34. The van der Waals surface area contributed by atoms with Gasteiger partial charge in [-0.25, -0.2) is 9.97 Å². The largest absolute Gasteiger partial charge is 0.339 e. The van der Waals surface area contributed by atoms with Crippen molar-refractivity contribution in [3.63, 3.8) is 0 Å². The summed E-state index contributed by atoms with van der Waals surface area (Å²) < 4.78 is 0. The Morgan fingerprint density at radius 3 is 2.56 bits per heavy atom. The van der Waals surface area contributed by atoms with Crippen molar-refractivity contribution in [1.29, 1.82) is 0 Å². The molecule has 0 aliphatic rings. The van der Waals surface area contributed by atoms with Gasteiger partial charge in [-0.3, -0.25) is 4.79 Å². The van der Waals surface area contributed by atoms with E-state index in [4.69, 9.17) is 11.6 Å². The molecule has 0 saturated carbocycles. The second kappa shape index (κ2) is 7.77. The van der Waals surface area contributed by atoms with Crippen molar-refractivity contribution in [1.82, 2.24) is 14.9 Å². The van der Waals surface area contributed by atoms with Crippen molar-refractivity contribution >= 4 is 29.0 Å². The molecule has 0 fully saturated rings.